The molecule has 11 heteroatoms. The van der Waals surface area contributed by atoms with E-state index in [0.29, 0.717) is 0 Å². The maximum atomic E-state index is 13.6. The molecule has 0 atom stereocenters. The molecule has 2 aromatic heterocycles. The molecule has 0 fully saturated rings. The van der Waals surface area contributed by atoms with Gasteiger partial charge in [-0.25, -0.2) is 19.3 Å². The highest BCUT2D eigenvalue weighted by Gasteiger charge is 2.27. The van der Waals surface area contributed by atoms with Gasteiger partial charge >= 0.3 is 6.18 Å². The van der Waals surface area contributed by atoms with Crippen LogP contribution < -0.4 is 10.6 Å². The third kappa shape index (κ3) is 4.83. The molecule has 0 aromatic carbocycles. The van der Waals surface area contributed by atoms with Crippen molar-refractivity contribution in [3.8, 4) is 11.4 Å². The van der Waals surface area contributed by atoms with Gasteiger partial charge in [0.1, 0.15) is 6.54 Å². The zero-order chi connectivity index (χ0) is 17.7. The summed E-state index contributed by atoms with van der Waals surface area (Å²) in [6.45, 7) is -2.16. The van der Waals surface area contributed by atoms with Gasteiger partial charge in [-0.1, -0.05) is 0 Å². The Labute approximate surface area is 132 Å². The number of carbonyl (C=O) groups is 1. The highest BCUT2D eigenvalue weighted by Crippen LogP contribution is 2.19. The van der Waals surface area contributed by atoms with E-state index < -0.39 is 42.8 Å². The highest BCUT2D eigenvalue weighted by atomic mass is 19.4. The van der Waals surface area contributed by atoms with Crippen LogP contribution in [0, 0.1) is 11.8 Å². The summed E-state index contributed by atoms with van der Waals surface area (Å²) < 4.78 is 63.1. The lowest BCUT2D eigenvalue weighted by molar-refractivity contribution is -0.137. The summed E-state index contributed by atoms with van der Waals surface area (Å²) in [4.78, 5) is 22.0. The number of anilines is 1. The van der Waals surface area contributed by atoms with Crippen LogP contribution in [-0.2, 0) is 4.79 Å². The quantitative estimate of drug-likeness (QED) is 0.638. The van der Waals surface area contributed by atoms with E-state index in [1.165, 1.54) is 18.3 Å². The summed E-state index contributed by atoms with van der Waals surface area (Å²) in [6, 6.07) is 2.73. The van der Waals surface area contributed by atoms with Gasteiger partial charge in [-0.2, -0.15) is 17.6 Å². The molecule has 0 saturated carbocycles. The normalized spacial score (nSPS) is 11.2. The first-order valence-electron chi connectivity index (χ1n) is 6.47. The fourth-order valence-electron chi connectivity index (χ4n) is 1.60. The molecule has 0 saturated heterocycles. The molecule has 128 valence electrons. The monoisotopic (exact) mass is 347 g/mol. The number of nitrogens with one attached hydrogen (secondary N) is 2. The standard InChI is InChI=1S/C13H10F5N5O/c14-8-4-20-11(7-2-1-3-19-10(7)15)23-12(8)21-5-9(24)22-6-13(16,17)18/h1-4H,5-6H2,(H,22,24)(H,20,21,23). The van der Waals surface area contributed by atoms with Crippen molar-refractivity contribution in [2.24, 2.45) is 0 Å². The van der Waals surface area contributed by atoms with E-state index in [4.69, 9.17) is 0 Å². The Kier molecular flexibility index (Phi) is 5.21. The summed E-state index contributed by atoms with van der Waals surface area (Å²) in [6.07, 6.45) is -2.61. The molecular formula is C13H10F5N5O. The van der Waals surface area contributed by atoms with Gasteiger partial charge in [-0.05, 0) is 12.1 Å². The first-order chi connectivity index (χ1) is 11.3. The SMILES string of the molecule is O=C(CNc1nc(-c2cccnc2F)ncc1F)NCC(F)(F)F. The predicted octanol–water partition coefficient (Wildman–Crippen LogP) is 1.91. The lowest BCUT2D eigenvalue weighted by Gasteiger charge is -2.10. The molecule has 0 aliphatic carbocycles. The number of aromatic nitrogens is 3. The van der Waals surface area contributed by atoms with Gasteiger partial charge in [0.25, 0.3) is 0 Å². The molecule has 2 N–H and O–H groups in total. The molecule has 2 rings (SSSR count). The summed E-state index contributed by atoms with van der Waals surface area (Å²) in [7, 11) is 0. The second-order valence-corrected chi connectivity index (χ2v) is 4.48. The second kappa shape index (κ2) is 7.15. The van der Waals surface area contributed by atoms with Gasteiger partial charge < -0.3 is 10.6 Å². The molecular weight excluding hydrogens is 337 g/mol. The zero-order valence-corrected chi connectivity index (χ0v) is 11.9. The van der Waals surface area contributed by atoms with E-state index in [1.807, 2.05) is 0 Å². The summed E-state index contributed by atoms with van der Waals surface area (Å²) in [5.74, 6) is -3.49. The molecule has 0 spiro atoms. The number of rotatable bonds is 5. The molecule has 2 heterocycles. The molecule has 0 unspecified atom stereocenters. The number of alkyl halides is 3. The Morgan fingerprint density at radius 3 is 2.62 bits per heavy atom. The Morgan fingerprint density at radius 1 is 1.21 bits per heavy atom. The largest absolute Gasteiger partial charge is 0.405 e. The molecule has 0 aliphatic heterocycles. The average molecular weight is 347 g/mol. The number of halogens is 5. The third-order valence-electron chi connectivity index (χ3n) is 2.65. The molecule has 1 amide bonds. The van der Waals surface area contributed by atoms with E-state index in [-0.39, 0.29) is 11.4 Å². The van der Waals surface area contributed by atoms with E-state index >= 15 is 0 Å². The van der Waals surface area contributed by atoms with Gasteiger partial charge in [0, 0.05) is 6.20 Å². The van der Waals surface area contributed by atoms with Gasteiger partial charge in [-0.3, -0.25) is 4.79 Å². The Balaban J connectivity index is 2.07. The summed E-state index contributed by atoms with van der Waals surface area (Å²) in [5, 5.41) is 3.84. The third-order valence-corrected chi connectivity index (χ3v) is 2.65. The molecule has 0 radical (unpaired) electrons. The van der Waals surface area contributed by atoms with E-state index in [2.05, 4.69) is 20.3 Å². The Hall–Kier alpha value is -2.85. The summed E-state index contributed by atoms with van der Waals surface area (Å²) in [5.41, 5.74) is -0.0953. The number of hydrogen-bond donors (Lipinski definition) is 2. The van der Waals surface area contributed by atoms with Crippen molar-refractivity contribution in [2.45, 2.75) is 6.18 Å². The lowest BCUT2D eigenvalue weighted by Crippen LogP contribution is -2.37. The van der Waals surface area contributed by atoms with E-state index in [0.717, 1.165) is 6.20 Å². The number of carbonyl (C=O) groups excluding carboxylic acids is 1. The van der Waals surface area contributed by atoms with Gasteiger partial charge in [0.05, 0.1) is 18.3 Å². The highest BCUT2D eigenvalue weighted by molar-refractivity contribution is 5.80. The van der Waals surface area contributed by atoms with Crippen molar-refractivity contribution in [1.29, 1.82) is 0 Å². The van der Waals surface area contributed by atoms with E-state index in [1.54, 1.807) is 5.32 Å². The average Bonchev–Trinajstić information content (AvgIpc) is 2.52. The zero-order valence-electron chi connectivity index (χ0n) is 11.9. The molecule has 0 bridgehead atoms. The van der Waals surface area contributed by atoms with Crippen molar-refractivity contribution in [2.75, 3.05) is 18.4 Å². The lowest BCUT2D eigenvalue weighted by atomic mass is 10.2. The van der Waals surface area contributed by atoms with Crippen molar-refractivity contribution in [3.63, 3.8) is 0 Å². The van der Waals surface area contributed by atoms with Crippen molar-refractivity contribution in [3.05, 3.63) is 36.3 Å². The number of pyridine rings is 1. The Bertz CT molecular complexity index is 737. The van der Waals surface area contributed by atoms with Crippen LogP contribution in [0.1, 0.15) is 0 Å². The van der Waals surface area contributed by atoms with Crippen LogP contribution in [0.2, 0.25) is 0 Å². The van der Waals surface area contributed by atoms with Crippen molar-refractivity contribution >= 4 is 11.7 Å². The number of amides is 1. The van der Waals surface area contributed by atoms with Crippen LogP contribution in [0.15, 0.2) is 24.5 Å². The maximum Gasteiger partial charge on any atom is 0.405 e. The Morgan fingerprint density at radius 2 is 1.96 bits per heavy atom. The second-order valence-electron chi connectivity index (χ2n) is 4.48. The van der Waals surface area contributed by atoms with Crippen molar-refractivity contribution < 1.29 is 26.7 Å². The van der Waals surface area contributed by atoms with Crippen molar-refractivity contribution in [1.82, 2.24) is 20.3 Å². The van der Waals surface area contributed by atoms with Crippen LogP contribution in [0.25, 0.3) is 11.4 Å². The number of hydrogen-bond acceptors (Lipinski definition) is 5. The van der Waals surface area contributed by atoms with Gasteiger partial charge in [-0.15, -0.1) is 0 Å². The molecule has 0 aliphatic rings. The fourth-order valence-corrected chi connectivity index (χ4v) is 1.60. The topological polar surface area (TPSA) is 79.8 Å². The molecule has 2 aromatic rings. The van der Waals surface area contributed by atoms with Crippen LogP contribution in [-0.4, -0.2) is 40.1 Å². The van der Waals surface area contributed by atoms with Crippen LogP contribution in [0.3, 0.4) is 0 Å². The predicted molar refractivity (Wildman–Crippen MR) is 72.7 cm³/mol. The first-order valence-corrected chi connectivity index (χ1v) is 6.47. The minimum atomic E-state index is -4.55. The van der Waals surface area contributed by atoms with Crippen LogP contribution >= 0.6 is 0 Å². The molecule has 24 heavy (non-hydrogen) atoms. The maximum absolute atomic E-state index is 13.6. The molecule has 6 nitrogen and oxygen atoms in total. The van der Waals surface area contributed by atoms with Gasteiger partial charge in [0.15, 0.2) is 17.5 Å². The smallest absolute Gasteiger partial charge is 0.358 e. The number of nitrogens with zero attached hydrogens (tertiary/aromatic N) is 3. The van der Waals surface area contributed by atoms with Gasteiger partial charge in [0.2, 0.25) is 11.9 Å². The minimum absolute atomic E-state index is 0.0953. The minimum Gasteiger partial charge on any atom is -0.358 e. The fraction of sp³-hybridized carbons (Fsp3) is 0.231. The first kappa shape index (κ1) is 17.5. The van der Waals surface area contributed by atoms with Crippen LogP contribution in [0.5, 0.6) is 0 Å². The van der Waals surface area contributed by atoms with Crippen LogP contribution in [0.4, 0.5) is 27.8 Å². The van der Waals surface area contributed by atoms with E-state index in [9.17, 15) is 26.7 Å². The summed E-state index contributed by atoms with van der Waals surface area (Å²) >= 11 is 0.